The Hall–Kier alpha value is -2.93. The van der Waals surface area contributed by atoms with Crippen LogP contribution in [0.4, 0.5) is 5.69 Å². The molecule has 0 atom stereocenters. The van der Waals surface area contributed by atoms with Gasteiger partial charge in [-0.15, -0.1) is 0 Å². The predicted molar refractivity (Wildman–Crippen MR) is 100 cm³/mol. The summed E-state index contributed by atoms with van der Waals surface area (Å²) in [5, 5.41) is 13.6. The van der Waals surface area contributed by atoms with Crippen LogP contribution in [0.25, 0.3) is 0 Å². The third kappa shape index (κ3) is 4.18. The first-order valence-corrected chi connectivity index (χ1v) is 7.92. The Morgan fingerprint density at radius 3 is 2.19 bits per heavy atom. The van der Waals surface area contributed by atoms with Crippen LogP contribution in [0.5, 0.6) is 17.2 Å². The molecule has 26 heavy (non-hydrogen) atoms. The molecule has 0 amide bonds. The van der Waals surface area contributed by atoms with Gasteiger partial charge in [-0.3, -0.25) is 5.43 Å². The van der Waals surface area contributed by atoms with E-state index in [1.54, 1.807) is 25.1 Å². The lowest BCUT2D eigenvalue weighted by atomic mass is 10.1. The normalized spacial score (nSPS) is 11.0. The van der Waals surface area contributed by atoms with Crippen molar-refractivity contribution in [2.24, 2.45) is 5.10 Å². The highest BCUT2D eigenvalue weighted by Crippen LogP contribution is 2.38. The van der Waals surface area contributed by atoms with Crippen LogP contribution in [0.3, 0.4) is 0 Å². The first-order chi connectivity index (χ1) is 12.4. The lowest BCUT2D eigenvalue weighted by Gasteiger charge is -2.14. The molecule has 0 aromatic heterocycles. The van der Waals surface area contributed by atoms with Gasteiger partial charge >= 0.3 is 5.97 Å². The van der Waals surface area contributed by atoms with Gasteiger partial charge in [0.25, 0.3) is 0 Å². The monoisotopic (exact) mass is 378 g/mol. The van der Waals surface area contributed by atoms with Gasteiger partial charge in [-0.2, -0.15) is 5.10 Å². The maximum atomic E-state index is 11.1. The van der Waals surface area contributed by atoms with Crippen molar-refractivity contribution in [2.75, 3.05) is 26.8 Å². The minimum Gasteiger partial charge on any atom is -0.493 e. The standard InChI is InChI=1S/C18H19ClN2O5/c1-10(11-7-15(24-2)17(26-4)16(8-11)25-3)20-21-12-5-6-14(19)13(9-12)18(22)23/h5-9,21H,1-4H3,(H,22,23)/b20-10+. The number of benzene rings is 2. The number of halogens is 1. The fourth-order valence-electron chi connectivity index (χ4n) is 2.26. The van der Waals surface area contributed by atoms with Crippen LogP contribution in [0.1, 0.15) is 22.8 Å². The average molecular weight is 379 g/mol. The van der Waals surface area contributed by atoms with E-state index in [0.29, 0.717) is 28.6 Å². The molecule has 0 saturated carbocycles. The smallest absolute Gasteiger partial charge is 0.337 e. The Labute approximate surface area is 156 Å². The summed E-state index contributed by atoms with van der Waals surface area (Å²) < 4.78 is 15.9. The minimum absolute atomic E-state index is 0.00249. The Balaban J connectivity index is 2.33. The van der Waals surface area contributed by atoms with Gasteiger partial charge in [0.2, 0.25) is 5.75 Å². The van der Waals surface area contributed by atoms with Gasteiger partial charge in [-0.05, 0) is 37.3 Å². The molecule has 0 saturated heterocycles. The van der Waals surface area contributed by atoms with E-state index >= 15 is 0 Å². The quantitative estimate of drug-likeness (QED) is 0.561. The van der Waals surface area contributed by atoms with E-state index in [0.717, 1.165) is 5.56 Å². The Morgan fingerprint density at radius 2 is 1.69 bits per heavy atom. The van der Waals surface area contributed by atoms with Crippen molar-refractivity contribution in [3.05, 3.63) is 46.5 Å². The first kappa shape index (κ1) is 19.4. The van der Waals surface area contributed by atoms with Gasteiger partial charge in [0.05, 0.1) is 43.3 Å². The van der Waals surface area contributed by atoms with E-state index in [-0.39, 0.29) is 10.6 Å². The molecule has 0 fully saturated rings. The predicted octanol–water partition coefficient (Wildman–Crippen LogP) is 3.90. The minimum atomic E-state index is -1.11. The Bertz CT molecular complexity index is 826. The molecule has 2 aromatic rings. The van der Waals surface area contributed by atoms with Crippen LogP contribution in [0, 0.1) is 0 Å². The van der Waals surface area contributed by atoms with Crippen molar-refractivity contribution in [3.63, 3.8) is 0 Å². The van der Waals surface area contributed by atoms with Crippen LogP contribution < -0.4 is 19.6 Å². The number of nitrogens with one attached hydrogen (secondary N) is 1. The zero-order valence-electron chi connectivity index (χ0n) is 14.8. The summed E-state index contributed by atoms with van der Waals surface area (Å²) in [6, 6.07) is 8.09. The number of nitrogens with zero attached hydrogens (tertiary/aromatic N) is 1. The van der Waals surface area contributed by atoms with E-state index in [9.17, 15) is 4.79 Å². The van der Waals surface area contributed by atoms with E-state index in [1.165, 1.54) is 33.5 Å². The highest BCUT2D eigenvalue weighted by molar-refractivity contribution is 6.33. The van der Waals surface area contributed by atoms with Crippen molar-refractivity contribution >= 4 is 29.0 Å². The molecule has 0 aliphatic rings. The third-order valence-electron chi connectivity index (χ3n) is 3.63. The van der Waals surface area contributed by atoms with Crippen LogP contribution in [-0.2, 0) is 0 Å². The molecular formula is C18H19ClN2O5. The maximum absolute atomic E-state index is 11.1. The lowest BCUT2D eigenvalue weighted by molar-refractivity contribution is 0.0697. The number of hydrazone groups is 1. The number of carboxylic acids is 1. The van der Waals surface area contributed by atoms with Crippen molar-refractivity contribution in [3.8, 4) is 17.2 Å². The fraction of sp³-hybridized carbons (Fsp3) is 0.222. The van der Waals surface area contributed by atoms with Crippen LogP contribution in [0.2, 0.25) is 5.02 Å². The van der Waals surface area contributed by atoms with Gasteiger partial charge < -0.3 is 19.3 Å². The Kier molecular flexibility index (Phi) is 6.30. The number of methoxy groups -OCH3 is 3. The molecule has 0 radical (unpaired) electrons. The molecule has 2 rings (SSSR count). The molecule has 0 spiro atoms. The first-order valence-electron chi connectivity index (χ1n) is 7.54. The van der Waals surface area contributed by atoms with Gasteiger partial charge in [0.15, 0.2) is 11.5 Å². The van der Waals surface area contributed by atoms with Crippen LogP contribution in [0.15, 0.2) is 35.4 Å². The van der Waals surface area contributed by atoms with E-state index in [1.807, 2.05) is 0 Å². The SMILES string of the molecule is COc1cc(/C(C)=N/Nc2ccc(Cl)c(C(=O)O)c2)cc(OC)c1OC. The highest BCUT2D eigenvalue weighted by Gasteiger charge is 2.14. The molecule has 2 N–H and O–H groups in total. The molecule has 138 valence electrons. The fourth-order valence-corrected chi connectivity index (χ4v) is 2.46. The van der Waals surface area contributed by atoms with Crippen molar-refractivity contribution in [1.29, 1.82) is 0 Å². The number of aromatic carboxylic acids is 1. The molecule has 0 aliphatic carbocycles. The molecule has 0 aliphatic heterocycles. The summed E-state index contributed by atoms with van der Waals surface area (Å²) in [5.41, 5.74) is 4.70. The summed E-state index contributed by atoms with van der Waals surface area (Å²) in [4.78, 5) is 11.1. The average Bonchev–Trinajstić information content (AvgIpc) is 2.65. The summed E-state index contributed by atoms with van der Waals surface area (Å²) in [5.74, 6) is 0.402. The van der Waals surface area contributed by atoms with Crippen molar-refractivity contribution in [1.82, 2.24) is 0 Å². The zero-order chi connectivity index (χ0) is 19.3. The van der Waals surface area contributed by atoms with E-state index in [2.05, 4.69) is 10.5 Å². The van der Waals surface area contributed by atoms with Gasteiger partial charge in [0.1, 0.15) is 0 Å². The Morgan fingerprint density at radius 1 is 1.08 bits per heavy atom. The number of hydrogen-bond acceptors (Lipinski definition) is 6. The van der Waals surface area contributed by atoms with E-state index in [4.69, 9.17) is 30.9 Å². The summed E-state index contributed by atoms with van der Waals surface area (Å²) >= 11 is 5.86. The van der Waals surface area contributed by atoms with Crippen LogP contribution >= 0.6 is 11.6 Å². The number of rotatable bonds is 7. The van der Waals surface area contributed by atoms with Crippen molar-refractivity contribution < 1.29 is 24.1 Å². The molecule has 0 unspecified atom stereocenters. The number of ether oxygens (including phenoxy) is 3. The molecule has 7 nitrogen and oxygen atoms in total. The largest absolute Gasteiger partial charge is 0.493 e. The van der Waals surface area contributed by atoms with Crippen molar-refractivity contribution in [2.45, 2.75) is 6.92 Å². The summed E-state index contributed by atoms with van der Waals surface area (Å²) in [6.07, 6.45) is 0. The maximum Gasteiger partial charge on any atom is 0.337 e. The number of carbonyl (C=O) groups is 1. The molecular weight excluding hydrogens is 360 g/mol. The molecule has 2 aromatic carbocycles. The van der Waals surface area contributed by atoms with Gasteiger partial charge in [-0.25, -0.2) is 4.79 Å². The zero-order valence-corrected chi connectivity index (χ0v) is 15.5. The van der Waals surface area contributed by atoms with E-state index < -0.39 is 5.97 Å². The summed E-state index contributed by atoms with van der Waals surface area (Å²) in [6.45, 7) is 1.79. The lowest BCUT2D eigenvalue weighted by Crippen LogP contribution is -2.04. The number of carboxylic acid groups (broad SMARTS) is 1. The van der Waals surface area contributed by atoms with Crippen LogP contribution in [-0.4, -0.2) is 38.1 Å². The highest BCUT2D eigenvalue weighted by atomic mass is 35.5. The summed E-state index contributed by atoms with van der Waals surface area (Å²) in [7, 11) is 4.60. The second-order valence-electron chi connectivity index (χ2n) is 5.22. The van der Waals surface area contributed by atoms with Gasteiger partial charge in [-0.1, -0.05) is 11.6 Å². The molecule has 0 heterocycles. The second-order valence-corrected chi connectivity index (χ2v) is 5.63. The molecule has 8 heteroatoms. The second kappa shape index (κ2) is 8.44. The number of anilines is 1. The third-order valence-corrected chi connectivity index (χ3v) is 3.96. The van der Waals surface area contributed by atoms with Gasteiger partial charge in [0, 0.05) is 5.56 Å². The topological polar surface area (TPSA) is 89.4 Å². The number of hydrogen-bond donors (Lipinski definition) is 2. The molecule has 0 bridgehead atoms.